The molecule has 6 heteroatoms. The van der Waals surface area contributed by atoms with E-state index >= 15 is 0 Å². The molecule has 2 aromatic heterocycles. The Balaban J connectivity index is 2.35. The van der Waals surface area contributed by atoms with Gasteiger partial charge in [-0.2, -0.15) is 8.75 Å². The third kappa shape index (κ3) is 1.58. The summed E-state index contributed by atoms with van der Waals surface area (Å²) in [6.07, 6.45) is 0.712. The lowest BCUT2D eigenvalue weighted by Crippen LogP contribution is -2.14. The Morgan fingerprint density at radius 1 is 1.15 bits per heavy atom. The highest BCUT2D eigenvalue weighted by Crippen LogP contribution is 2.21. The van der Waals surface area contributed by atoms with Crippen LogP contribution in [-0.4, -0.2) is 15.2 Å². The van der Waals surface area contributed by atoms with Gasteiger partial charge in [-0.15, -0.1) is 0 Å². The minimum absolute atomic E-state index is 0.617. The lowest BCUT2D eigenvalue weighted by molar-refractivity contribution is -0.106. The average Bonchev–Trinajstić information content (AvgIpc) is 2.76. The van der Waals surface area contributed by atoms with E-state index in [0.29, 0.717) is 18.0 Å². The highest BCUT2D eigenvalue weighted by molar-refractivity contribution is 7.04. The summed E-state index contributed by atoms with van der Waals surface area (Å²) in [5, 5.41) is 3.64. The van der Waals surface area contributed by atoms with E-state index in [1.165, 1.54) is 28.0 Å². The van der Waals surface area contributed by atoms with E-state index in [1.807, 2.05) is 10.8 Å². The zero-order valence-electron chi connectivity index (χ0n) is 6.45. The molecule has 0 aliphatic carbocycles. The molecule has 0 N–H and O–H groups in total. The number of anilines is 2. The molecule has 1 amide bonds. The van der Waals surface area contributed by atoms with Crippen LogP contribution in [0.15, 0.2) is 22.9 Å². The van der Waals surface area contributed by atoms with Gasteiger partial charge in [0.1, 0.15) is 0 Å². The maximum atomic E-state index is 10.8. The van der Waals surface area contributed by atoms with Crippen molar-refractivity contribution < 1.29 is 4.79 Å². The first kappa shape index (κ1) is 8.33. The zero-order valence-corrected chi connectivity index (χ0v) is 8.09. The van der Waals surface area contributed by atoms with Gasteiger partial charge in [0.25, 0.3) is 0 Å². The first-order valence-corrected chi connectivity index (χ1v) is 5.14. The SMILES string of the molecule is O=CN(c1ccsn1)c1ccsn1. The molecule has 0 radical (unpaired) electrons. The first-order valence-electron chi connectivity index (χ1n) is 3.47. The van der Waals surface area contributed by atoms with Gasteiger partial charge in [0, 0.05) is 10.8 Å². The van der Waals surface area contributed by atoms with E-state index in [9.17, 15) is 4.79 Å². The number of amides is 1. The molecule has 0 fully saturated rings. The summed E-state index contributed by atoms with van der Waals surface area (Å²) < 4.78 is 8.09. The van der Waals surface area contributed by atoms with E-state index < -0.39 is 0 Å². The third-order valence-electron chi connectivity index (χ3n) is 1.45. The molecule has 0 atom stereocenters. The standard InChI is InChI=1S/C7H5N3OS2/c11-5-10(6-1-3-12-8-6)7-2-4-13-9-7/h1-5H. The summed E-state index contributed by atoms with van der Waals surface area (Å²) in [4.78, 5) is 12.2. The summed E-state index contributed by atoms with van der Waals surface area (Å²) in [5.41, 5.74) is 0. The predicted molar refractivity (Wildman–Crippen MR) is 52.4 cm³/mol. The van der Waals surface area contributed by atoms with Crippen LogP contribution in [0.1, 0.15) is 0 Å². The largest absolute Gasteiger partial charge is 0.278 e. The molecular formula is C7H5N3OS2. The minimum Gasteiger partial charge on any atom is -0.278 e. The van der Waals surface area contributed by atoms with E-state index in [0.717, 1.165) is 0 Å². The Morgan fingerprint density at radius 3 is 2.00 bits per heavy atom. The molecule has 0 unspecified atom stereocenters. The van der Waals surface area contributed by atoms with Crippen LogP contribution >= 0.6 is 23.1 Å². The third-order valence-corrected chi connectivity index (χ3v) is 2.55. The van der Waals surface area contributed by atoms with Crippen LogP contribution in [-0.2, 0) is 4.79 Å². The summed E-state index contributed by atoms with van der Waals surface area (Å²) in [6, 6.07) is 3.55. The second kappa shape index (κ2) is 3.63. The molecule has 2 heterocycles. The van der Waals surface area contributed by atoms with Gasteiger partial charge in [0.15, 0.2) is 11.6 Å². The molecule has 0 saturated carbocycles. The van der Waals surface area contributed by atoms with Crippen molar-refractivity contribution in [3.05, 3.63) is 22.9 Å². The molecule has 4 nitrogen and oxygen atoms in total. The van der Waals surface area contributed by atoms with Crippen LogP contribution in [0.2, 0.25) is 0 Å². The molecule has 0 aliphatic heterocycles. The van der Waals surface area contributed by atoms with Crippen LogP contribution in [0.4, 0.5) is 11.6 Å². The summed E-state index contributed by atoms with van der Waals surface area (Å²) in [5.74, 6) is 1.23. The van der Waals surface area contributed by atoms with Crippen LogP contribution < -0.4 is 4.90 Å². The lowest BCUT2D eigenvalue weighted by Gasteiger charge is -2.09. The molecule has 0 aromatic carbocycles. The second-order valence-corrected chi connectivity index (χ2v) is 3.52. The summed E-state index contributed by atoms with van der Waals surface area (Å²) in [6.45, 7) is 0. The van der Waals surface area contributed by atoms with Crippen molar-refractivity contribution in [2.75, 3.05) is 4.90 Å². The van der Waals surface area contributed by atoms with Gasteiger partial charge in [-0.3, -0.25) is 4.79 Å². The molecule has 66 valence electrons. The lowest BCUT2D eigenvalue weighted by atomic mass is 10.5. The van der Waals surface area contributed by atoms with Crippen molar-refractivity contribution in [2.45, 2.75) is 0 Å². The van der Waals surface area contributed by atoms with Crippen LogP contribution in [0.5, 0.6) is 0 Å². The second-order valence-electron chi connectivity index (χ2n) is 2.19. The number of aromatic nitrogens is 2. The fraction of sp³-hybridized carbons (Fsp3) is 0. The molecule has 0 aliphatic rings. The van der Waals surface area contributed by atoms with Crippen molar-refractivity contribution in [1.82, 2.24) is 8.75 Å². The number of nitrogens with zero attached hydrogens (tertiary/aromatic N) is 3. The number of hydrogen-bond donors (Lipinski definition) is 0. The number of hydrogen-bond acceptors (Lipinski definition) is 5. The van der Waals surface area contributed by atoms with Gasteiger partial charge in [0.2, 0.25) is 6.41 Å². The number of carbonyl (C=O) groups excluding carboxylic acids is 1. The minimum atomic E-state index is 0.617. The van der Waals surface area contributed by atoms with E-state index in [1.54, 1.807) is 12.1 Å². The van der Waals surface area contributed by atoms with Gasteiger partial charge in [-0.05, 0) is 35.2 Å². The van der Waals surface area contributed by atoms with Gasteiger partial charge < -0.3 is 0 Å². The molecular weight excluding hydrogens is 206 g/mol. The first-order chi connectivity index (χ1) is 6.42. The van der Waals surface area contributed by atoms with E-state index in [2.05, 4.69) is 8.75 Å². The van der Waals surface area contributed by atoms with Crippen molar-refractivity contribution in [1.29, 1.82) is 0 Å². The molecule has 0 spiro atoms. The van der Waals surface area contributed by atoms with Crippen molar-refractivity contribution in [2.24, 2.45) is 0 Å². The predicted octanol–water partition coefficient (Wildman–Crippen LogP) is 1.89. The monoisotopic (exact) mass is 211 g/mol. The normalized spacial score (nSPS) is 9.85. The Bertz CT molecular complexity index is 336. The van der Waals surface area contributed by atoms with Gasteiger partial charge >= 0.3 is 0 Å². The molecule has 13 heavy (non-hydrogen) atoms. The molecule has 2 rings (SSSR count). The summed E-state index contributed by atoms with van der Waals surface area (Å²) in [7, 11) is 0. The van der Waals surface area contributed by atoms with Gasteiger partial charge in [0.05, 0.1) is 0 Å². The fourth-order valence-corrected chi connectivity index (χ4v) is 1.89. The highest BCUT2D eigenvalue weighted by Gasteiger charge is 2.10. The van der Waals surface area contributed by atoms with Crippen LogP contribution in [0.25, 0.3) is 0 Å². The van der Waals surface area contributed by atoms with E-state index in [-0.39, 0.29) is 0 Å². The highest BCUT2D eigenvalue weighted by atomic mass is 32.1. The summed E-state index contributed by atoms with van der Waals surface area (Å²) >= 11 is 2.61. The van der Waals surface area contributed by atoms with Crippen molar-refractivity contribution >= 4 is 41.1 Å². The Morgan fingerprint density at radius 2 is 1.69 bits per heavy atom. The van der Waals surface area contributed by atoms with Crippen LogP contribution in [0.3, 0.4) is 0 Å². The number of rotatable bonds is 3. The fourth-order valence-electron chi connectivity index (χ4n) is 0.886. The maximum absolute atomic E-state index is 10.8. The van der Waals surface area contributed by atoms with Crippen molar-refractivity contribution in [3.63, 3.8) is 0 Å². The number of carbonyl (C=O) groups is 1. The van der Waals surface area contributed by atoms with Crippen molar-refractivity contribution in [3.8, 4) is 0 Å². The van der Waals surface area contributed by atoms with E-state index in [4.69, 9.17) is 0 Å². The molecule has 0 saturated heterocycles. The van der Waals surface area contributed by atoms with Gasteiger partial charge in [-0.25, -0.2) is 4.90 Å². The maximum Gasteiger partial charge on any atom is 0.221 e. The zero-order chi connectivity index (χ0) is 9.10. The topological polar surface area (TPSA) is 46.1 Å². The quantitative estimate of drug-likeness (QED) is 0.728. The van der Waals surface area contributed by atoms with Crippen LogP contribution in [0, 0.1) is 0 Å². The molecule has 0 bridgehead atoms. The smallest absolute Gasteiger partial charge is 0.221 e. The Labute approximate surface area is 82.8 Å². The molecule has 2 aromatic rings. The Hall–Kier alpha value is -1.27. The van der Waals surface area contributed by atoms with Gasteiger partial charge in [-0.1, -0.05) is 0 Å². The average molecular weight is 211 g/mol. The Kier molecular flexibility index (Phi) is 2.33.